The van der Waals surface area contributed by atoms with Gasteiger partial charge in [-0.3, -0.25) is 5.32 Å². The summed E-state index contributed by atoms with van der Waals surface area (Å²) in [6, 6.07) is 22.1. The third-order valence-corrected chi connectivity index (χ3v) is 8.20. The molecule has 1 aliphatic heterocycles. The maximum absolute atomic E-state index is 13.2. The minimum atomic E-state index is -0.594. The zero-order valence-corrected chi connectivity index (χ0v) is 23.1. The van der Waals surface area contributed by atoms with Crippen LogP contribution in [0.1, 0.15) is 73.3 Å². The number of fused-ring (bicyclic) bond motifs is 1. The quantitative estimate of drug-likeness (QED) is 0.306. The van der Waals surface area contributed by atoms with Crippen molar-refractivity contribution in [2.45, 2.75) is 57.2 Å². The topological polar surface area (TPSA) is 80.6 Å². The third kappa shape index (κ3) is 6.13. The highest BCUT2D eigenvalue weighted by atomic mass is 19.1. The summed E-state index contributed by atoms with van der Waals surface area (Å²) >= 11 is 0. The van der Waals surface area contributed by atoms with Crippen molar-refractivity contribution >= 4 is 22.9 Å². The molecular weight excluding hydrogens is 519 g/mol. The van der Waals surface area contributed by atoms with Gasteiger partial charge in [-0.1, -0.05) is 37.1 Å². The fourth-order valence-corrected chi connectivity index (χ4v) is 5.83. The van der Waals surface area contributed by atoms with Gasteiger partial charge in [0.2, 0.25) is 0 Å². The molecule has 6 rings (SSSR count). The molecule has 0 spiro atoms. The molecule has 0 aromatic heterocycles. The first-order chi connectivity index (χ1) is 20.0. The molecule has 1 heterocycles. The number of carbonyl (C=O) groups excluding carboxylic acids is 1. The van der Waals surface area contributed by atoms with Gasteiger partial charge < -0.3 is 14.2 Å². The molecule has 0 radical (unpaired) electrons. The lowest BCUT2D eigenvalue weighted by atomic mass is 9.86. The molecule has 2 atom stereocenters. The van der Waals surface area contributed by atoms with Crippen molar-refractivity contribution in [1.29, 1.82) is 5.26 Å². The van der Waals surface area contributed by atoms with Crippen LogP contribution in [0, 0.1) is 23.1 Å². The molecule has 210 valence electrons. The Balaban J connectivity index is 1.19. The molecule has 2 unspecified atom stereocenters. The molecule has 2 aliphatic carbocycles. The molecule has 3 aromatic carbocycles. The molecule has 0 bridgehead atoms. The first-order valence-corrected chi connectivity index (χ1v) is 14.3. The SMILES string of the molecule is CC(OC(=O)Nc1ccc(C2=C(C#N)c3ccc(OC4CCOCC4)cc3C2CC2CC2)cc1)c1ccc(F)cc1. The number of carbonyl (C=O) groups is 1. The molecule has 1 amide bonds. The lowest BCUT2D eigenvalue weighted by Gasteiger charge is -2.24. The molecule has 41 heavy (non-hydrogen) atoms. The largest absolute Gasteiger partial charge is 0.490 e. The van der Waals surface area contributed by atoms with Gasteiger partial charge in [0.25, 0.3) is 0 Å². The second-order valence-electron chi connectivity index (χ2n) is 11.1. The summed E-state index contributed by atoms with van der Waals surface area (Å²) in [6.07, 6.45) is 4.24. The molecule has 1 N–H and O–H groups in total. The van der Waals surface area contributed by atoms with Gasteiger partial charge in [-0.2, -0.15) is 5.26 Å². The van der Waals surface area contributed by atoms with Crippen LogP contribution in [0.5, 0.6) is 5.75 Å². The number of benzene rings is 3. The lowest BCUT2D eigenvalue weighted by Crippen LogP contribution is -2.25. The molecule has 7 heteroatoms. The Morgan fingerprint density at radius 1 is 1.05 bits per heavy atom. The van der Waals surface area contributed by atoms with Crippen LogP contribution in [0.15, 0.2) is 66.7 Å². The Kier molecular flexibility index (Phi) is 7.76. The average Bonchev–Trinajstić information content (AvgIpc) is 3.75. The number of rotatable bonds is 8. The average molecular weight is 553 g/mol. The van der Waals surface area contributed by atoms with E-state index in [9.17, 15) is 14.4 Å². The summed E-state index contributed by atoms with van der Waals surface area (Å²) in [6.45, 7) is 3.18. The number of hydrogen-bond acceptors (Lipinski definition) is 5. The number of amides is 1. The summed E-state index contributed by atoms with van der Waals surface area (Å²) in [7, 11) is 0. The zero-order valence-electron chi connectivity index (χ0n) is 23.1. The van der Waals surface area contributed by atoms with Crippen LogP contribution < -0.4 is 10.1 Å². The van der Waals surface area contributed by atoms with Gasteiger partial charge in [0.05, 0.1) is 18.8 Å². The van der Waals surface area contributed by atoms with Crippen molar-refractivity contribution in [3.63, 3.8) is 0 Å². The summed E-state index contributed by atoms with van der Waals surface area (Å²) in [5.74, 6) is 1.29. The number of anilines is 1. The van der Waals surface area contributed by atoms with Gasteiger partial charge >= 0.3 is 6.09 Å². The maximum atomic E-state index is 13.2. The van der Waals surface area contributed by atoms with E-state index in [2.05, 4.69) is 17.5 Å². The van der Waals surface area contributed by atoms with Crippen molar-refractivity contribution in [3.05, 3.63) is 94.8 Å². The third-order valence-electron chi connectivity index (χ3n) is 8.20. The van der Waals surface area contributed by atoms with Gasteiger partial charge in [-0.25, -0.2) is 9.18 Å². The highest BCUT2D eigenvalue weighted by Crippen LogP contribution is 2.53. The number of nitriles is 1. The highest BCUT2D eigenvalue weighted by Gasteiger charge is 2.37. The van der Waals surface area contributed by atoms with Crippen LogP contribution in [0.2, 0.25) is 0 Å². The highest BCUT2D eigenvalue weighted by molar-refractivity contribution is 6.05. The number of allylic oxidation sites excluding steroid dienone is 2. The van der Waals surface area contributed by atoms with Crippen molar-refractivity contribution in [2.75, 3.05) is 18.5 Å². The fraction of sp³-hybridized carbons (Fsp3) is 0.353. The summed E-state index contributed by atoms with van der Waals surface area (Å²) in [5, 5.41) is 13.0. The van der Waals surface area contributed by atoms with E-state index < -0.39 is 12.2 Å². The first-order valence-electron chi connectivity index (χ1n) is 14.3. The van der Waals surface area contributed by atoms with E-state index in [4.69, 9.17) is 14.2 Å². The zero-order chi connectivity index (χ0) is 28.3. The number of halogens is 1. The molecule has 3 aliphatic rings. The Hall–Kier alpha value is -4.15. The van der Waals surface area contributed by atoms with E-state index >= 15 is 0 Å². The second kappa shape index (κ2) is 11.8. The standard InChI is InChI=1S/C34H33FN2O4/c1-21(23-4-8-25(35)9-5-23)40-34(38)37-26-10-6-24(7-11-26)33-31(18-22-2-3-22)30-19-28(12-13-29(30)32(33)20-36)41-27-14-16-39-17-15-27/h4-13,19,21-22,27,31H,2-3,14-18H2,1H3,(H,37,38). The number of hydrogen-bond donors (Lipinski definition) is 1. The van der Waals surface area contributed by atoms with Crippen LogP contribution in [-0.4, -0.2) is 25.4 Å². The molecule has 2 fully saturated rings. The minimum absolute atomic E-state index is 0.116. The van der Waals surface area contributed by atoms with Crippen LogP contribution in [0.25, 0.3) is 11.1 Å². The number of nitrogens with zero attached hydrogens (tertiary/aromatic N) is 1. The van der Waals surface area contributed by atoms with Crippen molar-refractivity contribution < 1.29 is 23.4 Å². The number of nitrogens with one attached hydrogen (secondary N) is 1. The normalized spacial score (nSPS) is 19.3. The van der Waals surface area contributed by atoms with Crippen LogP contribution in [-0.2, 0) is 9.47 Å². The van der Waals surface area contributed by atoms with E-state index in [1.165, 1.54) is 25.0 Å². The molecular formula is C34H33FN2O4. The number of ether oxygens (including phenoxy) is 3. The van der Waals surface area contributed by atoms with E-state index in [-0.39, 0.29) is 17.8 Å². The Morgan fingerprint density at radius 3 is 2.46 bits per heavy atom. The van der Waals surface area contributed by atoms with Crippen LogP contribution >= 0.6 is 0 Å². The summed E-state index contributed by atoms with van der Waals surface area (Å²) < 4.78 is 30.5. The van der Waals surface area contributed by atoms with Gasteiger partial charge in [-0.15, -0.1) is 0 Å². The maximum Gasteiger partial charge on any atom is 0.412 e. The van der Waals surface area contributed by atoms with Gasteiger partial charge in [0.15, 0.2) is 0 Å². The van der Waals surface area contributed by atoms with Gasteiger partial charge in [0.1, 0.15) is 29.8 Å². The lowest BCUT2D eigenvalue weighted by molar-refractivity contribution is 0.0255. The van der Waals surface area contributed by atoms with Crippen molar-refractivity contribution in [1.82, 2.24) is 0 Å². The Bertz CT molecular complexity index is 1480. The molecule has 1 saturated heterocycles. The predicted molar refractivity (Wildman–Crippen MR) is 155 cm³/mol. The minimum Gasteiger partial charge on any atom is -0.490 e. The second-order valence-corrected chi connectivity index (χ2v) is 11.1. The Morgan fingerprint density at radius 2 is 1.78 bits per heavy atom. The molecule has 1 saturated carbocycles. The van der Waals surface area contributed by atoms with Crippen molar-refractivity contribution in [3.8, 4) is 11.8 Å². The molecule has 3 aromatic rings. The van der Waals surface area contributed by atoms with Gasteiger partial charge in [0, 0.05) is 24.4 Å². The van der Waals surface area contributed by atoms with E-state index in [1.54, 1.807) is 19.1 Å². The Labute approximate surface area is 239 Å². The van der Waals surface area contributed by atoms with E-state index in [0.29, 0.717) is 22.7 Å². The smallest absolute Gasteiger partial charge is 0.412 e. The van der Waals surface area contributed by atoms with E-state index in [1.807, 2.05) is 36.4 Å². The fourth-order valence-electron chi connectivity index (χ4n) is 5.83. The van der Waals surface area contributed by atoms with Gasteiger partial charge in [-0.05, 0) is 89.6 Å². The van der Waals surface area contributed by atoms with E-state index in [0.717, 1.165) is 60.5 Å². The summed E-state index contributed by atoms with van der Waals surface area (Å²) in [4.78, 5) is 12.5. The monoisotopic (exact) mass is 552 g/mol. The molecule has 6 nitrogen and oxygen atoms in total. The van der Waals surface area contributed by atoms with Crippen LogP contribution in [0.3, 0.4) is 0 Å². The predicted octanol–water partition coefficient (Wildman–Crippen LogP) is 8.02. The van der Waals surface area contributed by atoms with Crippen molar-refractivity contribution in [2.24, 2.45) is 5.92 Å². The summed E-state index contributed by atoms with van der Waals surface area (Å²) in [5.41, 5.74) is 6.14. The first kappa shape index (κ1) is 27.0. The van der Waals surface area contributed by atoms with Crippen LogP contribution in [0.4, 0.5) is 14.9 Å².